The van der Waals surface area contributed by atoms with Crippen LogP contribution in [0, 0.1) is 19.7 Å². The Bertz CT molecular complexity index is 881. The molecular weight excluding hydrogens is 393 g/mol. The lowest BCUT2D eigenvalue weighted by atomic mass is 10.1. The molecule has 2 aromatic rings. The summed E-state index contributed by atoms with van der Waals surface area (Å²) in [5.41, 5.74) is 0.542. The molecule has 0 aliphatic rings. The van der Waals surface area contributed by atoms with Crippen molar-refractivity contribution in [1.29, 1.82) is 0 Å². The normalized spacial score (nSPS) is 11.7. The third-order valence-electron chi connectivity index (χ3n) is 3.76. The second kappa shape index (κ2) is 9.10. The maximum Gasteiger partial charge on any atom is 0.307 e. The number of ketones is 1. The summed E-state index contributed by atoms with van der Waals surface area (Å²) in [6, 6.07) is 5.60. The molecule has 144 valence electrons. The van der Waals surface area contributed by atoms with Gasteiger partial charge in [0.25, 0.3) is 5.91 Å². The summed E-state index contributed by atoms with van der Waals surface area (Å²) in [6.07, 6.45) is -1.27. The summed E-state index contributed by atoms with van der Waals surface area (Å²) >= 11 is 7.17. The van der Waals surface area contributed by atoms with Gasteiger partial charge < -0.3 is 10.1 Å². The minimum absolute atomic E-state index is 0.00397. The molecule has 1 amide bonds. The van der Waals surface area contributed by atoms with Gasteiger partial charge in [0, 0.05) is 26.8 Å². The van der Waals surface area contributed by atoms with Crippen LogP contribution in [0.15, 0.2) is 24.3 Å². The monoisotopic (exact) mass is 411 g/mol. The number of benzene rings is 1. The highest BCUT2D eigenvalue weighted by atomic mass is 35.5. The molecule has 27 heavy (non-hydrogen) atoms. The number of carbonyl (C=O) groups is 3. The standard InChI is InChI=1S/C19H19ClFNO4S/c1-10-8-14(12(3)27-10)17(23)6-7-18(24)26-11(2)19(25)22-16-5-4-13(20)9-15(16)21/h4-5,8-9,11H,6-7H2,1-3H3,(H,22,25)/t11-/m0/s1. The van der Waals surface area contributed by atoms with Crippen molar-refractivity contribution in [3.63, 3.8) is 0 Å². The number of rotatable bonds is 7. The zero-order chi connectivity index (χ0) is 20.1. The number of anilines is 1. The van der Waals surface area contributed by atoms with Gasteiger partial charge in [0.1, 0.15) is 5.82 Å². The molecule has 0 fully saturated rings. The van der Waals surface area contributed by atoms with Gasteiger partial charge in [-0.25, -0.2) is 4.39 Å². The van der Waals surface area contributed by atoms with E-state index in [0.29, 0.717) is 5.56 Å². The molecule has 1 aromatic heterocycles. The number of ether oxygens (including phenoxy) is 1. The Morgan fingerprint density at radius 2 is 1.93 bits per heavy atom. The number of aryl methyl sites for hydroxylation is 2. The van der Waals surface area contributed by atoms with Crippen LogP contribution in [-0.4, -0.2) is 23.8 Å². The Kier molecular flexibility index (Phi) is 7.10. The summed E-state index contributed by atoms with van der Waals surface area (Å²) in [5.74, 6) is -2.19. The van der Waals surface area contributed by atoms with Crippen LogP contribution in [0.5, 0.6) is 0 Å². The minimum atomic E-state index is -1.13. The van der Waals surface area contributed by atoms with Gasteiger partial charge in [0.15, 0.2) is 11.9 Å². The second-order valence-electron chi connectivity index (χ2n) is 6.00. The molecule has 1 N–H and O–H groups in total. The minimum Gasteiger partial charge on any atom is -0.453 e. The smallest absolute Gasteiger partial charge is 0.307 e. The average molecular weight is 412 g/mol. The molecule has 1 heterocycles. The zero-order valence-corrected chi connectivity index (χ0v) is 16.7. The predicted octanol–water partition coefficient (Wildman–Crippen LogP) is 4.69. The highest BCUT2D eigenvalue weighted by Gasteiger charge is 2.20. The van der Waals surface area contributed by atoms with Crippen molar-refractivity contribution in [3.8, 4) is 0 Å². The molecule has 0 aliphatic carbocycles. The fraction of sp³-hybridized carbons (Fsp3) is 0.316. The third-order valence-corrected chi connectivity index (χ3v) is 4.97. The highest BCUT2D eigenvalue weighted by Crippen LogP contribution is 2.22. The van der Waals surface area contributed by atoms with E-state index < -0.39 is 23.8 Å². The fourth-order valence-corrected chi connectivity index (χ4v) is 3.49. The Morgan fingerprint density at radius 3 is 2.52 bits per heavy atom. The van der Waals surface area contributed by atoms with Gasteiger partial charge >= 0.3 is 5.97 Å². The number of carbonyl (C=O) groups excluding carboxylic acids is 3. The van der Waals surface area contributed by atoms with E-state index in [9.17, 15) is 18.8 Å². The lowest BCUT2D eigenvalue weighted by molar-refractivity contribution is -0.153. The molecule has 0 saturated carbocycles. The number of Topliss-reactive ketones (excluding diaryl/α,β-unsaturated/α-hetero) is 1. The molecule has 0 aliphatic heterocycles. The largest absolute Gasteiger partial charge is 0.453 e. The second-order valence-corrected chi connectivity index (χ2v) is 7.89. The first kappa shape index (κ1) is 21.1. The van der Waals surface area contributed by atoms with Gasteiger partial charge in [-0.3, -0.25) is 14.4 Å². The van der Waals surface area contributed by atoms with Crippen molar-refractivity contribution in [2.24, 2.45) is 0 Å². The van der Waals surface area contributed by atoms with Crippen molar-refractivity contribution in [2.75, 3.05) is 5.32 Å². The van der Waals surface area contributed by atoms with Crippen molar-refractivity contribution < 1.29 is 23.5 Å². The van der Waals surface area contributed by atoms with E-state index in [1.54, 1.807) is 6.07 Å². The average Bonchev–Trinajstić information content (AvgIpc) is 2.93. The van der Waals surface area contributed by atoms with Crippen LogP contribution in [0.1, 0.15) is 39.9 Å². The van der Waals surface area contributed by atoms with Crippen LogP contribution in [0.2, 0.25) is 5.02 Å². The summed E-state index contributed by atoms with van der Waals surface area (Å²) in [5, 5.41) is 2.53. The van der Waals surface area contributed by atoms with Gasteiger partial charge in [-0.2, -0.15) is 0 Å². The quantitative estimate of drug-likeness (QED) is 0.530. The molecule has 1 aromatic carbocycles. The Labute approximate surface area is 165 Å². The number of thiophene rings is 1. The van der Waals surface area contributed by atoms with E-state index in [-0.39, 0.29) is 29.3 Å². The Morgan fingerprint density at radius 1 is 1.22 bits per heavy atom. The van der Waals surface area contributed by atoms with Crippen molar-refractivity contribution in [3.05, 3.63) is 50.4 Å². The van der Waals surface area contributed by atoms with E-state index in [0.717, 1.165) is 15.8 Å². The molecule has 1 atom stereocenters. The van der Waals surface area contributed by atoms with Crippen LogP contribution in [0.4, 0.5) is 10.1 Å². The van der Waals surface area contributed by atoms with Crippen LogP contribution in [-0.2, 0) is 14.3 Å². The first-order chi connectivity index (χ1) is 12.7. The van der Waals surface area contributed by atoms with E-state index in [4.69, 9.17) is 16.3 Å². The summed E-state index contributed by atoms with van der Waals surface area (Å²) in [6.45, 7) is 5.13. The topological polar surface area (TPSA) is 72.5 Å². The number of hydrogen-bond acceptors (Lipinski definition) is 5. The van der Waals surface area contributed by atoms with Gasteiger partial charge in [-0.1, -0.05) is 11.6 Å². The molecule has 0 saturated heterocycles. The lowest BCUT2D eigenvalue weighted by Crippen LogP contribution is -2.30. The van der Waals surface area contributed by atoms with E-state index in [1.165, 1.54) is 30.4 Å². The summed E-state index contributed by atoms with van der Waals surface area (Å²) in [4.78, 5) is 38.1. The van der Waals surface area contributed by atoms with E-state index >= 15 is 0 Å². The van der Waals surface area contributed by atoms with E-state index in [2.05, 4.69) is 5.32 Å². The lowest BCUT2D eigenvalue weighted by Gasteiger charge is -2.14. The molecule has 0 bridgehead atoms. The molecular formula is C19H19ClFNO4S. The predicted molar refractivity (Wildman–Crippen MR) is 103 cm³/mol. The summed E-state index contributed by atoms with van der Waals surface area (Å²) in [7, 11) is 0. The number of amides is 1. The van der Waals surface area contributed by atoms with Gasteiger partial charge in [0.05, 0.1) is 12.1 Å². The number of halogens is 2. The van der Waals surface area contributed by atoms with Gasteiger partial charge in [-0.05, 0) is 45.0 Å². The number of esters is 1. The number of hydrogen-bond donors (Lipinski definition) is 1. The molecule has 0 radical (unpaired) electrons. The van der Waals surface area contributed by atoms with Crippen molar-refractivity contribution in [2.45, 2.75) is 39.7 Å². The highest BCUT2D eigenvalue weighted by molar-refractivity contribution is 7.12. The van der Waals surface area contributed by atoms with E-state index in [1.807, 2.05) is 13.8 Å². The molecule has 8 heteroatoms. The maximum absolute atomic E-state index is 13.7. The van der Waals surface area contributed by atoms with Crippen LogP contribution in [0.3, 0.4) is 0 Å². The molecule has 2 rings (SSSR count). The fourth-order valence-electron chi connectivity index (χ4n) is 2.39. The van der Waals surface area contributed by atoms with Crippen LogP contribution < -0.4 is 5.32 Å². The third kappa shape index (κ3) is 5.87. The molecule has 0 unspecified atom stereocenters. The Hall–Kier alpha value is -2.25. The Balaban J connectivity index is 1.84. The zero-order valence-electron chi connectivity index (χ0n) is 15.1. The maximum atomic E-state index is 13.7. The van der Waals surface area contributed by atoms with Gasteiger partial charge in [0.2, 0.25) is 0 Å². The molecule has 0 spiro atoms. The first-order valence-corrected chi connectivity index (χ1v) is 9.42. The van der Waals surface area contributed by atoms with Crippen LogP contribution >= 0.6 is 22.9 Å². The SMILES string of the molecule is Cc1cc(C(=O)CCC(=O)O[C@@H](C)C(=O)Nc2ccc(Cl)cc2F)c(C)s1. The van der Waals surface area contributed by atoms with Crippen molar-refractivity contribution in [1.82, 2.24) is 0 Å². The van der Waals surface area contributed by atoms with Crippen LogP contribution in [0.25, 0.3) is 0 Å². The van der Waals surface area contributed by atoms with Gasteiger partial charge in [-0.15, -0.1) is 11.3 Å². The molecule has 5 nitrogen and oxygen atoms in total. The summed E-state index contributed by atoms with van der Waals surface area (Å²) < 4.78 is 18.7. The number of nitrogens with one attached hydrogen (secondary N) is 1. The van der Waals surface area contributed by atoms with Crippen molar-refractivity contribution >= 4 is 46.3 Å². The first-order valence-electron chi connectivity index (χ1n) is 8.23.